The summed E-state index contributed by atoms with van der Waals surface area (Å²) in [6.07, 6.45) is 3.79. The Hall–Kier alpha value is -1.30. The fourth-order valence-electron chi connectivity index (χ4n) is 1.31. The summed E-state index contributed by atoms with van der Waals surface area (Å²) in [5.41, 5.74) is 0.767. The van der Waals surface area contributed by atoms with E-state index < -0.39 is 0 Å². The Bertz CT molecular complexity index is 385. The topological polar surface area (TPSA) is 64.1 Å². The Morgan fingerprint density at radius 2 is 2.29 bits per heavy atom. The maximum Gasteiger partial charge on any atom is 0.310 e. The molecule has 0 aliphatic heterocycles. The summed E-state index contributed by atoms with van der Waals surface area (Å²) in [5, 5.41) is 3.81. The van der Waals surface area contributed by atoms with E-state index in [0.29, 0.717) is 17.6 Å². The molecule has 0 unspecified atom stereocenters. The van der Waals surface area contributed by atoms with Crippen LogP contribution in [0.2, 0.25) is 0 Å². The Labute approximate surface area is 105 Å². The van der Waals surface area contributed by atoms with Crippen molar-refractivity contribution in [3.63, 3.8) is 0 Å². The number of carbonyl (C=O) groups is 1. The molecule has 5 nitrogen and oxygen atoms in total. The van der Waals surface area contributed by atoms with Crippen molar-refractivity contribution >= 4 is 23.5 Å². The standard InChI is InChI=1S/C11H17N3O2S/c1-4-12-10-8(6-9(15)16-5-2)7-13-11(14-10)17-3/h7H,4-6H2,1-3H3,(H,12,13,14). The van der Waals surface area contributed by atoms with Gasteiger partial charge in [0.15, 0.2) is 5.16 Å². The average molecular weight is 255 g/mol. The van der Waals surface area contributed by atoms with Gasteiger partial charge in [0.1, 0.15) is 5.82 Å². The molecule has 1 heterocycles. The van der Waals surface area contributed by atoms with Crippen molar-refractivity contribution in [3.8, 4) is 0 Å². The number of anilines is 1. The van der Waals surface area contributed by atoms with Crippen LogP contribution in [0.25, 0.3) is 0 Å². The van der Waals surface area contributed by atoms with E-state index in [-0.39, 0.29) is 12.4 Å². The predicted octanol–water partition coefficient (Wildman–Crippen LogP) is 1.74. The van der Waals surface area contributed by atoms with Crippen LogP contribution in [0.4, 0.5) is 5.82 Å². The van der Waals surface area contributed by atoms with E-state index in [0.717, 1.165) is 12.1 Å². The van der Waals surface area contributed by atoms with Crippen molar-refractivity contribution in [2.24, 2.45) is 0 Å². The first-order valence-electron chi connectivity index (χ1n) is 5.50. The summed E-state index contributed by atoms with van der Waals surface area (Å²) < 4.78 is 4.91. The van der Waals surface area contributed by atoms with Gasteiger partial charge in [-0.1, -0.05) is 11.8 Å². The van der Waals surface area contributed by atoms with Crippen molar-refractivity contribution in [2.45, 2.75) is 25.4 Å². The summed E-state index contributed by atoms with van der Waals surface area (Å²) >= 11 is 1.47. The molecule has 0 fully saturated rings. The van der Waals surface area contributed by atoms with Gasteiger partial charge in [-0.3, -0.25) is 4.79 Å². The molecule has 6 heteroatoms. The Morgan fingerprint density at radius 1 is 1.53 bits per heavy atom. The number of hydrogen-bond donors (Lipinski definition) is 1. The van der Waals surface area contributed by atoms with Gasteiger partial charge in [0.25, 0.3) is 0 Å². The number of rotatable bonds is 6. The van der Waals surface area contributed by atoms with Crippen LogP contribution in [0.1, 0.15) is 19.4 Å². The summed E-state index contributed by atoms with van der Waals surface area (Å²) in [7, 11) is 0. The van der Waals surface area contributed by atoms with Gasteiger partial charge in [0.05, 0.1) is 13.0 Å². The fraction of sp³-hybridized carbons (Fsp3) is 0.545. The van der Waals surface area contributed by atoms with Crippen LogP contribution in [0, 0.1) is 0 Å². The minimum Gasteiger partial charge on any atom is -0.466 e. The molecule has 0 spiro atoms. The molecule has 0 saturated heterocycles. The number of esters is 1. The van der Waals surface area contributed by atoms with E-state index in [1.807, 2.05) is 13.2 Å². The van der Waals surface area contributed by atoms with Crippen molar-refractivity contribution < 1.29 is 9.53 Å². The number of hydrogen-bond acceptors (Lipinski definition) is 6. The molecule has 0 atom stereocenters. The number of thioether (sulfide) groups is 1. The van der Waals surface area contributed by atoms with Crippen LogP contribution >= 0.6 is 11.8 Å². The molecule has 0 amide bonds. The third-order valence-corrected chi connectivity index (χ3v) is 2.57. The van der Waals surface area contributed by atoms with Crippen LogP contribution in [0.15, 0.2) is 11.4 Å². The highest BCUT2D eigenvalue weighted by atomic mass is 32.2. The Balaban J connectivity index is 2.85. The largest absolute Gasteiger partial charge is 0.466 e. The lowest BCUT2D eigenvalue weighted by Crippen LogP contribution is -2.12. The maximum absolute atomic E-state index is 11.4. The highest BCUT2D eigenvalue weighted by Crippen LogP contribution is 2.17. The first-order chi connectivity index (χ1) is 8.21. The van der Waals surface area contributed by atoms with E-state index in [4.69, 9.17) is 4.74 Å². The molecule has 1 rings (SSSR count). The van der Waals surface area contributed by atoms with Gasteiger partial charge in [-0.25, -0.2) is 9.97 Å². The lowest BCUT2D eigenvalue weighted by atomic mass is 10.2. The molecule has 17 heavy (non-hydrogen) atoms. The molecule has 1 N–H and O–H groups in total. The van der Waals surface area contributed by atoms with Gasteiger partial charge in [0.2, 0.25) is 0 Å². The van der Waals surface area contributed by atoms with Crippen LogP contribution < -0.4 is 5.32 Å². The molecule has 0 aliphatic rings. The molecular weight excluding hydrogens is 238 g/mol. The molecule has 1 aromatic rings. The van der Waals surface area contributed by atoms with E-state index >= 15 is 0 Å². The zero-order chi connectivity index (χ0) is 12.7. The Morgan fingerprint density at radius 3 is 2.88 bits per heavy atom. The predicted molar refractivity (Wildman–Crippen MR) is 68.3 cm³/mol. The summed E-state index contributed by atoms with van der Waals surface area (Å²) in [5.74, 6) is 0.451. The molecular formula is C11H17N3O2S. The van der Waals surface area contributed by atoms with Crippen molar-refractivity contribution in [2.75, 3.05) is 24.7 Å². The van der Waals surface area contributed by atoms with Gasteiger partial charge in [-0.05, 0) is 20.1 Å². The van der Waals surface area contributed by atoms with E-state index in [1.54, 1.807) is 13.1 Å². The SMILES string of the molecule is CCNc1nc(SC)ncc1CC(=O)OCC. The third kappa shape index (κ3) is 4.22. The van der Waals surface area contributed by atoms with Gasteiger partial charge < -0.3 is 10.1 Å². The second-order valence-electron chi connectivity index (χ2n) is 3.24. The minimum atomic E-state index is -0.257. The molecule has 0 saturated carbocycles. The first-order valence-corrected chi connectivity index (χ1v) is 6.73. The van der Waals surface area contributed by atoms with E-state index in [2.05, 4.69) is 15.3 Å². The van der Waals surface area contributed by atoms with Crippen LogP contribution in [0.5, 0.6) is 0 Å². The van der Waals surface area contributed by atoms with Gasteiger partial charge in [0, 0.05) is 18.3 Å². The first kappa shape index (κ1) is 13.8. The molecule has 94 valence electrons. The number of nitrogens with one attached hydrogen (secondary N) is 1. The van der Waals surface area contributed by atoms with Crippen molar-refractivity contribution in [3.05, 3.63) is 11.8 Å². The smallest absolute Gasteiger partial charge is 0.310 e. The molecule has 0 bridgehead atoms. The highest BCUT2D eigenvalue weighted by Gasteiger charge is 2.11. The highest BCUT2D eigenvalue weighted by molar-refractivity contribution is 7.98. The molecule has 0 aliphatic carbocycles. The van der Waals surface area contributed by atoms with Gasteiger partial charge in [-0.2, -0.15) is 0 Å². The second kappa shape index (κ2) is 7.11. The Kier molecular flexibility index (Phi) is 5.76. The normalized spacial score (nSPS) is 10.1. The summed E-state index contributed by atoms with van der Waals surface area (Å²) in [4.78, 5) is 19.9. The second-order valence-corrected chi connectivity index (χ2v) is 4.02. The van der Waals surface area contributed by atoms with Crippen LogP contribution in [0.3, 0.4) is 0 Å². The molecule has 0 aromatic carbocycles. The average Bonchev–Trinajstić information content (AvgIpc) is 2.32. The minimum absolute atomic E-state index is 0.199. The third-order valence-electron chi connectivity index (χ3n) is 2.01. The monoisotopic (exact) mass is 255 g/mol. The van der Waals surface area contributed by atoms with E-state index in [9.17, 15) is 4.79 Å². The van der Waals surface area contributed by atoms with Crippen molar-refractivity contribution in [1.82, 2.24) is 9.97 Å². The zero-order valence-electron chi connectivity index (χ0n) is 10.3. The maximum atomic E-state index is 11.4. The lowest BCUT2D eigenvalue weighted by molar-refractivity contribution is -0.142. The molecule has 1 aromatic heterocycles. The zero-order valence-corrected chi connectivity index (χ0v) is 11.1. The quantitative estimate of drug-likeness (QED) is 0.474. The van der Waals surface area contributed by atoms with Crippen LogP contribution in [-0.2, 0) is 16.0 Å². The number of carbonyl (C=O) groups excluding carboxylic acids is 1. The summed E-state index contributed by atoms with van der Waals surface area (Å²) in [6.45, 7) is 4.91. The fourth-order valence-corrected chi connectivity index (χ4v) is 1.65. The summed E-state index contributed by atoms with van der Waals surface area (Å²) in [6, 6.07) is 0. The van der Waals surface area contributed by atoms with E-state index in [1.165, 1.54) is 11.8 Å². The number of nitrogens with zero attached hydrogens (tertiary/aromatic N) is 2. The van der Waals surface area contributed by atoms with Gasteiger partial charge in [-0.15, -0.1) is 0 Å². The van der Waals surface area contributed by atoms with Crippen LogP contribution in [-0.4, -0.2) is 35.3 Å². The van der Waals surface area contributed by atoms with Gasteiger partial charge >= 0.3 is 5.97 Å². The van der Waals surface area contributed by atoms with Crippen molar-refractivity contribution in [1.29, 1.82) is 0 Å². The number of ether oxygens (including phenoxy) is 1. The lowest BCUT2D eigenvalue weighted by Gasteiger charge is -2.09. The number of aromatic nitrogens is 2. The molecule has 0 radical (unpaired) electrons.